The van der Waals surface area contributed by atoms with E-state index in [1.807, 2.05) is 25.9 Å². The van der Waals surface area contributed by atoms with Crippen LogP contribution in [0.2, 0.25) is 0 Å². The van der Waals surface area contributed by atoms with Crippen LogP contribution in [0.25, 0.3) is 0 Å². The first-order chi connectivity index (χ1) is 22.9. The summed E-state index contributed by atoms with van der Waals surface area (Å²) in [6.07, 6.45) is -2.88. The lowest BCUT2D eigenvalue weighted by Crippen LogP contribution is -2.58. The molecule has 2 aliphatic rings. The summed E-state index contributed by atoms with van der Waals surface area (Å²) in [7, 11) is 5.15. The molecule has 2 saturated heterocycles. The first-order valence-electron chi connectivity index (χ1n) is 17.7. The van der Waals surface area contributed by atoms with Gasteiger partial charge in [0.05, 0.1) is 11.7 Å². The Morgan fingerprint density at radius 3 is 2.24 bits per heavy atom. The molecule has 0 saturated carbocycles. The van der Waals surface area contributed by atoms with E-state index in [4.69, 9.17) is 29.4 Å². The summed E-state index contributed by atoms with van der Waals surface area (Å²) < 4.78 is 30.5. The molecule has 49 heavy (non-hydrogen) atoms. The number of ketones is 2. The lowest BCUT2D eigenvalue weighted by atomic mass is 9.75. The summed E-state index contributed by atoms with van der Waals surface area (Å²) in [5.74, 6) is -4.55. The zero-order valence-corrected chi connectivity index (χ0v) is 31.7. The lowest BCUT2D eigenvalue weighted by Gasteiger charge is -2.44. The van der Waals surface area contributed by atoms with Gasteiger partial charge in [0, 0.05) is 43.7 Å². The number of unbranched alkanes of at least 4 members (excludes halogenated alkanes) is 1. The first-order valence-corrected chi connectivity index (χ1v) is 17.7. The Morgan fingerprint density at radius 2 is 1.73 bits per heavy atom. The number of nitrogens with zero attached hydrogens (tertiary/aromatic N) is 2. The molecule has 2 rings (SSSR count). The van der Waals surface area contributed by atoms with Crippen molar-refractivity contribution in [3.05, 3.63) is 12.2 Å². The van der Waals surface area contributed by atoms with Crippen LogP contribution in [0.15, 0.2) is 12.2 Å². The highest BCUT2D eigenvalue weighted by Gasteiger charge is 2.59. The molecule has 0 aliphatic carbocycles. The minimum Gasteiger partial charge on any atom is -0.457 e. The number of Topliss-reactive ketones (excluding diaryl/α,β-unsaturated/α-hetero) is 2. The Kier molecular flexibility index (Phi) is 15.9. The van der Waals surface area contributed by atoms with Crippen molar-refractivity contribution in [1.82, 2.24) is 9.80 Å². The van der Waals surface area contributed by atoms with Gasteiger partial charge in [-0.15, -0.1) is 0 Å². The average Bonchev–Trinajstić information content (AvgIpc) is 3.32. The van der Waals surface area contributed by atoms with E-state index in [-0.39, 0.29) is 43.4 Å². The largest absolute Gasteiger partial charge is 0.457 e. The van der Waals surface area contributed by atoms with Gasteiger partial charge in [-0.1, -0.05) is 34.3 Å². The number of likely N-dealkylation sites (N-methyl/N-ethyl adjacent to an activating group) is 1. The lowest BCUT2D eigenvalue weighted by molar-refractivity contribution is -0.265. The van der Waals surface area contributed by atoms with E-state index >= 15 is 0 Å². The maximum Gasteiger partial charge on any atom is 0.411 e. The van der Waals surface area contributed by atoms with E-state index in [0.29, 0.717) is 25.8 Å². The van der Waals surface area contributed by atoms with Crippen molar-refractivity contribution in [3.63, 3.8) is 0 Å². The number of amides is 1. The molecular weight excluding hydrogens is 634 g/mol. The standard InChI is InChI=1S/C36H63N3O10/c1-13-25(38(10)11)29(42)33(46-15-3)48-31-23(6)28(41)24(7)32(43)47-26(14-2)36(9)30(39(34(44)49-36)19-17-16-18-37)22(5)27(40)21(4)20-35(31,8)45-12/h21,23-26,29-31,33,42H,5,13-20,37H2,1-4,6-12H3/t21-,23+,24-,25?,26-,29?,30-,31-,33+,35-,36-/m1/s1. The minimum atomic E-state index is -1.46. The van der Waals surface area contributed by atoms with Crippen LogP contribution in [-0.2, 0) is 38.1 Å². The Bertz CT molecular complexity index is 1170. The average molecular weight is 698 g/mol. The smallest absolute Gasteiger partial charge is 0.411 e. The number of cyclic esters (lactones) is 1. The van der Waals surface area contributed by atoms with Crippen molar-refractivity contribution >= 4 is 23.6 Å². The molecule has 2 aliphatic heterocycles. The Labute approximate surface area is 293 Å². The Hall–Kier alpha value is -2.42. The van der Waals surface area contributed by atoms with Crippen molar-refractivity contribution in [2.45, 2.75) is 135 Å². The highest BCUT2D eigenvalue weighted by Crippen LogP contribution is 2.42. The summed E-state index contributed by atoms with van der Waals surface area (Å²) in [6.45, 7) is 18.8. The molecule has 1 amide bonds. The third-order valence-corrected chi connectivity index (χ3v) is 10.4. The third kappa shape index (κ3) is 9.28. The summed E-state index contributed by atoms with van der Waals surface area (Å²) in [5, 5.41) is 11.5. The molecule has 0 aromatic rings. The quantitative estimate of drug-likeness (QED) is 0.0893. The Morgan fingerprint density at radius 1 is 1.10 bits per heavy atom. The van der Waals surface area contributed by atoms with E-state index in [1.165, 1.54) is 18.9 Å². The van der Waals surface area contributed by atoms with Gasteiger partial charge in [-0.25, -0.2) is 4.79 Å². The van der Waals surface area contributed by atoms with Gasteiger partial charge in [-0.3, -0.25) is 19.3 Å². The second kappa shape index (κ2) is 18.2. The second-order valence-corrected chi connectivity index (χ2v) is 14.2. The molecule has 13 nitrogen and oxygen atoms in total. The van der Waals surface area contributed by atoms with Gasteiger partial charge in [-0.05, 0) is 80.4 Å². The number of aliphatic hydroxyl groups is 1. The molecule has 0 spiro atoms. The molecule has 11 atom stereocenters. The number of fused-ring (bicyclic) bond motifs is 1. The van der Waals surface area contributed by atoms with Crippen molar-refractivity contribution in [1.29, 1.82) is 0 Å². The molecule has 282 valence electrons. The van der Waals surface area contributed by atoms with Crippen molar-refractivity contribution in [2.24, 2.45) is 23.5 Å². The van der Waals surface area contributed by atoms with Crippen LogP contribution < -0.4 is 5.73 Å². The molecule has 3 N–H and O–H groups in total. The third-order valence-electron chi connectivity index (χ3n) is 10.4. The van der Waals surface area contributed by atoms with Crippen LogP contribution in [0.4, 0.5) is 4.79 Å². The Balaban J connectivity index is 2.74. The molecule has 13 heteroatoms. The molecule has 2 heterocycles. The van der Waals surface area contributed by atoms with Gasteiger partial charge in [0.2, 0.25) is 0 Å². The molecule has 2 fully saturated rings. The zero-order chi connectivity index (χ0) is 37.4. The molecule has 0 bridgehead atoms. The van der Waals surface area contributed by atoms with Crippen molar-refractivity contribution in [3.8, 4) is 0 Å². The van der Waals surface area contributed by atoms with Gasteiger partial charge in [0.25, 0.3) is 0 Å². The van der Waals surface area contributed by atoms with E-state index in [1.54, 1.807) is 41.5 Å². The molecule has 0 aromatic heterocycles. The fraction of sp³-hybridized carbons (Fsp3) is 0.833. The van der Waals surface area contributed by atoms with E-state index in [0.717, 1.165) is 0 Å². The summed E-state index contributed by atoms with van der Waals surface area (Å²) in [4.78, 5) is 59.0. The first kappa shape index (κ1) is 42.7. The van der Waals surface area contributed by atoms with E-state index in [9.17, 15) is 24.3 Å². The molecular formula is C36H63N3O10. The molecule has 0 aromatic carbocycles. The second-order valence-electron chi connectivity index (χ2n) is 14.2. The zero-order valence-electron chi connectivity index (χ0n) is 31.7. The number of methoxy groups -OCH3 is 1. The minimum absolute atomic E-state index is 0.0743. The number of rotatable bonds is 14. The monoisotopic (exact) mass is 697 g/mol. The van der Waals surface area contributed by atoms with Gasteiger partial charge < -0.3 is 39.4 Å². The van der Waals surface area contributed by atoms with Gasteiger partial charge >= 0.3 is 12.1 Å². The van der Waals surface area contributed by atoms with E-state index in [2.05, 4.69) is 6.58 Å². The fourth-order valence-electron chi connectivity index (χ4n) is 7.53. The number of nitrogens with two attached hydrogens (primary N) is 1. The van der Waals surface area contributed by atoms with Crippen LogP contribution in [0.3, 0.4) is 0 Å². The van der Waals surface area contributed by atoms with Gasteiger partial charge in [0.15, 0.2) is 23.5 Å². The maximum absolute atomic E-state index is 14.3. The summed E-state index contributed by atoms with van der Waals surface area (Å²) in [6, 6.07) is -1.29. The predicted molar refractivity (Wildman–Crippen MR) is 185 cm³/mol. The number of carbonyl (C=O) groups excluding carboxylic acids is 4. The summed E-state index contributed by atoms with van der Waals surface area (Å²) in [5.41, 5.74) is 3.09. The van der Waals surface area contributed by atoms with Gasteiger partial charge in [0.1, 0.15) is 24.2 Å². The number of hydrogen-bond acceptors (Lipinski definition) is 12. The van der Waals surface area contributed by atoms with Gasteiger partial charge in [-0.2, -0.15) is 0 Å². The van der Waals surface area contributed by atoms with Crippen LogP contribution in [0, 0.1) is 17.8 Å². The van der Waals surface area contributed by atoms with Crippen molar-refractivity contribution < 1.29 is 48.0 Å². The van der Waals surface area contributed by atoms with Crippen LogP contribution in [-0.4, -0.2) is 127 Å². The van der Waals surface area contributed by atoms with Crippen molar-refractivity contribution in [2.75, 3.05) is 40.9 Å². The number of hydrogen-bond donors (Lipinski definition) is 2. The molecule has 2 unspecified atom stereocenters. The fourth-order valence-corrected chi connectivity index (χ4v) is 7.53. The molecule has 0 radical (unpaired) electrons. The highest BCUT2D eigenvalue weighted by molar-refractivity contribution is 6.00. The van der Waals surface area contributed by atoms with Crippen LogP contribution >= 0.6 is 0 Å². The van der Waals surface area contributed by atoms with E-state index < -0.39 is 77.4 Å². The number of esters is 1. The maximum atomic E-state index is 14.3. The van der Waals surface area contributed by atoms with Crippen LogP contribution in [0.1, 0.15) is 87.5 Å². The highest BCUT2D eigenvalue weighted by atomic mass is 16.7. The normalized spacial score (nSPS) is 33.9. The number of carbonyl (C=O) groups is 4. The topological polar surface area (TPSA) is 167 Å². The number of ether oxygens (including phenoxy) is 5. The van der Waals surface area contributed by atoms with Crippen LogP contribution in [0.5, 0.6) is 0 Å². The summed E-state index contributed by atoms with van der Waals surface area (Å²) >= 11 is 0. The SMILES string of the molecule is C=C1C(=O)[C@H](C)C[C@@](C)(OC)[C@H](O[C@H](OCC)C(O)C(CC)N(C)C)[C@@H](C)C(=O)[C@@H](C)C(=O)O[C@H](CC)[C@@]2(C)OC(=O)N(CCCCN)[C@H]12. The number of aliphatic hydroxyl groups excluding tert-OH is 1. The predicted octanol–water partition coefficient (Wildman–Crippen LogP) is 3.49.